The Morgan fingerprint density at radius 1 is 1.38 bits per heavy atom. The van der Waals surface area contributed by atoms with Gasteiger partial charge in [0.2, 0.25) is 0 Å². The van der Waals surface area contributed by atoms with Crippen molar-refractivity contribution in [2.75, 3.05) is 46.9 Å². The Hall–Kier alpha value is -0.450. The second-order valence-corrected chi connectivity index (χ2v) is 5.13. The summed E-state index contributed by atoms with van der Waals surface area (Å²) in [6.07, 6.45) is 1.61. The highest BCUT2D eigenvalue weighted by atomic mass is 16.5. The van der Waals surface area contributed by atoms with E-state index in [2.05, 4.69) is 23.9 Å². The summed E-state index contributed by atoms with van der Waals surface area (Å²) in [5.41, 5.74) is 0. The van der Waals surface area contributed by atoms with Gasteiger partial charge in [0, 0.05) is 44.6 Å². The van der Waals surface area contributed by atoms with Crippen molar-refractivity contribution in [2.24, 2.45) is 5.92 Å². The minimum atomic E-state index is 0.167. The number of ketones is 1. The van der Waals surface area contributed by atoms with Crippen LogP contribution < -0.4 is 0 Å². The van der Waals surface area contributed by atoms with E-state index >= 15 is 0 Å². The quantitative estimate of drug-likeness (QED) is 0.689. The van der Waals surface area contributed by atoms with E-state index in [-0.39, 0.29) is 5.92 Å². The van der Waals surface area contributed by atoms with Crippen LogP contribution in [0.1, 0.15) is 12.8 Å². The topological polar surface area (TPSA) is 32.8 Å². The molecular formula is C12H22N2O2. The molecule has 0 aromatic heterocycles. The number of carbonyl (C=O) groups excluding carboxylic acids is 1. The summed E-state index contributed by atoms with van der Waals surface area (Å²) in [5, 5.41) is 0. The lowest BCUT2D eigenvalue weighted by Crippen LogP contribution is -2.51. The number of rotatable bonds is 3. The molecule has 2 saturated heterocycles. The van der Waals surface area contributed by atoms with E-state index in [0.29, 0.717) is 24.9 Å². The molecule has 0 aliphatic carbocycles. The summed E-state index contributed by atoms with van der Waals surface area (Å²) in [7, 11) is 4.25. The summed E-state index contributed by atoms with van der Waals surface area (Å²) in [6, 6.07) is 0.395. The average molecular weight is 226 g/mol. The third kappa shape index (κ3) is 2.81. The first-order valence-corrected chi connectivity index (χ1v) is 6.16. The maximum atomic E-state index is 12.0. The molecule has 4 nitrogen and oxygen atoms in total. The Bertz CT molecular complexity index is 251. The molecule has 0 aromatic carbocycles. The summed E-state index contributed by atoms with van der Waals surface area (Å²) in [4.78, 5) is 16.7. The standard InChI is InChI=1S/C12H22N2O2/c1-13-4-5-14(2)11(8-13)7-12(15)10-3-6-16-9-10/h10-11H,3-9H2,1-2H3. The molecule has 0 saturated carbocycles. The normalized spacial score (nSPS) is 33.1. The third-order valence-corrected chi connectivity index (χ3v) is 3.80. The van der Waals surface area contributed by atoms with Gasteiger partial charge < -0.3 is 14.5 Å². The van der Waals surface area contributed by atoms with Crippen LogP contribution in [0.3, 0.4) is 0 Å². The largest absolute Gasteiger partial charge is 0.381 e. The molecule has 0 amide bonds. The fourth-order valence-electron chi connectivity index (χ4n) is 2.51. The van der Waals surface area contributed by atoms with E-state index in [9.17, 15) is 4.79 Å². The van der Waals surface area contributed by atoms with Gasteiger partial charge in [-0.3, -0.25) is 4.79 Å². The van der Waals surface area contributed by atoms with Crippen molar-refractivity contribution in [1.29, 1.82) is 0 Å². The number of carbonyl (C=O) groups is 1. The van der Waals surface area contributed by atoms with Crippen molar-refractivity contribution in [3.05, 3.63) is 0 Å². The van der Waals surface area contributed by atoms with Gasteiger partial charge in [-0.25, -0.2) is 0 Å². The highest BCUT2D eigenvalue weighted by molar-refractivity contribution is 5.82. The minimum absolute atomic E-state index is 0.167. The smallest absolute Gasteiger partial charge is 0.139 e. The Kier molecular flexibility index (Phi) is 3.95. The fourth-order valence-corrected chi connectivity index (χ4v) is 2.51. The molecule has 2 rings (SSSR count). The van der Waals surface area contributed by atoms with E-state index in [1.54, 1.807) is 0 Å². The summed E-state index contributed by atoms with van der Waals surface area (Å²) >= 11 is 0. The molecular weight excluding hydrogens is 204 g/mol. The zero-order valence-corrected chi connectivity index (χ0v) is 10.3. The van der Waals surface area contributed by atoms with Crippen molar-refractivity contribution >= 4 is 5.78 Å². The van der Waals surface area contributed by atoms with Crippen LogP contribution >= 0.6 is 0 Å². The number of ether oxygens (including phenoxy) is 1. The molecule has 2 heterocycles. The first kappa shape index (κ1) is 12.0. The molecule has 2 unspecified atom stereocenters. The molecule has 92 valence electrons. The Morgan fingerprint density at radius 2 is 2.19 bits per heavy atom. The van der Waals surface area contributed by atoms with Crippen LogP contribution in [0.2, 0.25) is 0 Å². The third-order valence-electron chi connectivity index (χ3n) is 3.80. The number of piperazine rings is 1. The van der Waals surface area contributed by atoms with Crippen molar-refractivity contribution in [3.8, 4) is 0 Å². The van der Waals surface area contributed by atoms with Gasteiger partial charge in [0.05, 0.1) is 6.61 Å². The molecule has 2 aliphatic heterocycles. The molecule has 16 heavy (non-hydrogen) atoms. The monoisotopic (exact) mass is 226 g/mol. The molecule has 2 atom stereocenters. The number of nitrogens with zero attached hydrogens (tertiary/aromatic N) is 2. The number of hydrogen-bond acceptors (Lipinski definition) is 4. The maximum absolute atomic E-state index is 12.0. The summed E-state index contributed by atoms with van der Waals surface area (Å²) in [6.45, 7) is 4.58. The van der Waals surface area contributed by atoms with Crippen molar-refractivity contribution in [3.63, 3.8) is 0 Å². The summed E-state index contributed by atoms with van der Waals surface area (Å²) in [5.74, 6) is 0.560. The molecule has 0 bridgehead atoms. The van der Waals surface area contributed by atoms with Crippen molar-refractivity contribution in [1.82, 2.24) is 9.80 Å². The lowest BCUT2D eigenvalue weighted by molar-refractivity contribution is -0.124. The first-order chi connectivity index (χ1) is 7.66. The second kappa shape index (κ2) is 5.25. The fraction of sp³-hybridized carbons (Fsp3) is 0.917. The Morgan fingerprint density at radius 3 is 2.88 bits per heavy atom. The maximum Gasteiger partial charge on any atom is 0.139 e. The zero-order chi connectivity index (χ0) is 11.5. The first-order valence-electron chi connectivity index (χ1n) is 6.16. The van der Waals surface area contributed by atoms with Crippen LogP contribution in [-0.2, 0) is 9.53 Å². The molecule has 2 fully saturated rings. The van der Waals surface area contributed by atoms with Gasteiger partial charge in [-0.2, -0.15) is 0 Å². The molecule has 4 heteroatoms. The van der Waals surface area contributed by atoms with Gasteiger partial charge >= 0.3 is 0 Å². The van der Waals surface area contributed by atoms with E-state index < -0.39 is 0 Å². The zero-order valence-electron chi connectivity index (χ0n) is 10.3. The molecule has 0 N–H and O–H groups in total. The van der Waals surface area contributed by atoms with Crippen LogP contribution in [0.4, 0.5) is 0 Å². The molecule has 2 aliphatic rings. The average Bonchev–Trinajstić information content (AvgIpc) is 2.76. The highest BCUT2D eigenvalue weighted by Gasteiger charge is 2.29. The lowest BCUT2D eigenvalue weighted by Gasteiger charge is -2.37. The van der Waals surface area contributed by atoms with Gasteiger partial charge in [0.1, 0.15) is 5.78 Å². The summed E-state index contributed by atoms with van der Waals surface area (Å²) < 4.78 is 5.27. The predicted molar refractivity (Wildman–Crippen MR) is 62.5 cm³/mol. The van der Waals surface area contributed by atoms with Gasteiger partial charge in [0.25, 0.3) is 0 Å². The number of Topliss-reactive ketones (excluding diaryl/α,β-unsaturated/α-hetero) is 1. The second-order valence-electron chi connectivity index (χ2n) is 5.13. The van der Waals surface area contributed by atoms with Crippen LogP contribution in [0, 0.1) is 5.92 Å². The van der Waals surface area contributed by atoms with Gasteiger partial charge in [0.15, 0.2) is 0 Å². The molecule has 0 aromatic rings. The van der Waals surface area contributed by atoms with Crippen LogP contribution in [0.15, 0.2) is 0 Å². The lowest BCUT2D eigenvalue weighted by atomic mass is 9.96. The van der Waals surface area contributed by atoms with Crippen molar-refractivity contribution < 1.29 is 9.53 Å². The SMILES string of the molecule is CN1CCN(C)C(CC(=O)C2CCOC2)C1. The van der Waals surface area contributed by atoms with Gasteiger partial charge in [-0.1, -0.05) is 0 Å². The predicted octanol–water partition coefficient (Wildman–Crippen LogP) is 0.228. The highest BCUT2D eigenvalue weighted by Crippen LogP contribution is 2.18. The van der Waals surface area contributed by atoms with Gasteiger partial charge in [-0.15, -0.1) is 0 Å². The van der Waals surface area contributed by atoms with E-state index in [4.69, 9.17) is 4.74 Å². The molecule has 0 radical (unpaired) electrons. The van der Waals surface area contributed by atoms with Crippen LogP contribution in [0.25, 0.3) is 0 Å². The Labute approximate surface area is 97.5 Å². The van der Waals surface area contributed by atoms with Gasteiger partial charge in [-0.05, 0) is 20.5 Å². The number of hydrogen-bond donors (Lipinski definition) is 0. The Balaban J connectivity index is 1.84. The minimum Gasteiger partial charge on any atom is -0.381 e. The van der Waals surface area contributed by atoms with E-state index in [0.717, 1.165) is 32.7 Å². The van der Waals surface area contributed by atoms with Crippen LogP contribution in [0.5, 0.6) is 0 Å². The van der Waals surface area contributed by atoms with Crippen molar-refractivity contribution in [2.45, 2.75) is 18.9 Å². The van der Waals surface area contributed by atoms with E-state index in [1.165, 1.54) is 0 Å². The van der Waals surface area contributed by atoms with Crippen LogP contribution in [-0.4, -0.2) is 68.6 Å². The van der Waals surface area contributed by atoms with E-state index in [1.807, 2.05) is 0 Å². The number of likely N-dealkylation sites (N-methyl/N-ethyl adjacent to an activating group) is 2. The molecule has 0 spiro atoms.